The lowest BCUT2D eigenvalue weighted by Gasteiger charge is -2.17. The molecule has 1 aromatic carbocycles. The minimum Gasteiger partial charge on any atom is -0.481 e. The molecule has 1 aromatic heterocycles. The molecular weight excluding hydrogens is 230 g/mol. The van der Waals surface area contributed by atoms with Crippen LogP contribution in [0.3, 0.4) is 0 Å². The predicted molar refractivity (Wildman–Crippen MR) is 69.4 cm³/mol. The quantitative estimate of drug-likeness (QED) is 0.852. The van der Waals surface area contributed by atoms with Gasteiger partial charge in [-0.1, -0.05) is 25.1 Å². The Hall–Kier alpha value is -1.81. The van der Waals surface area contributed by atoms with Gasteiger partial charge >= 0.3 is 5.97 Å². The summed E-state index contributed by atoms with van der Waals surface area (Å²) < 4.78 is 5.49. The van der Waals surface area contributed by atoms with Crippen molar-refractivity contribution >= 4 is 16.9 Å². The number of aliphatic carboxylic acids is 1. The molecule has 2 unspecified atom stereocenters. The van der Waals surface area contributed by atoms with Crippen LogP contribution >= 0.6 is 0 Å². The summed E-state index contributed by atoms with van der Waals surface area (Å²) in [7, 11) is 1.83. The number of benzene rings is 1. The smallest absolute Gasteiger partial charge is 0.306 e. The lowest BCUT2D eigenvalue weighted by Crippen LogP contribution is -2.22. The second-order valence-corrected chi connectivity index (χ2v) is 4.50. The fourth-order valence-corrected chi connectivity index (χ4v) is 2.12. The Morgan fingerprint density at radius 2 is 2.17 bits per heavy atom. The summed E-state index contributed by atoms with van der Waals surface area (Å²) in [5, 5.41) is 13.2. The molecule has 0 aliphatic rings. The first-order chi connectivity index (χ1) is 8.63. The molecule has 0 aliphatic heterocycles. The van der Waals surface area contributed by atoms with Gasteiger partial charge in [-0.05, 0) is 19.5 Å². The largest absolute Gasteiger partial charge is 0.481 e. The van der Waals surface area contributed by atoms with E-state index in [4.69, 9.17) is 9.52 Å². The second kappa shape index (κ2) is 5.23. The van der Waals surface area contributed by atoms with Gasteiger partial charge < -0.3 is 14.8 Å². The van der Waals surface area contributed by atoms with Gasteiger partial charge in [0.1, 0.15) is 5.58 Å². The molecular formula is C14H17NO3. The molecule has 2 N–H and O–H groups in total. The highest BCUT2D eigenvalue weighted by molar-refractivity contribution is 5.81. The number of hydrogen-bond acceptors (Lipinski definition) is 3. The number of carboxylic acid groups (broad SMARTS) is 1. The van der Waals surface area contributed by atoms with Crippen LogP contribution < -0.4 is 5.32 Å². The third-order valence-corrected chi connectivity index (χ3v) is 3.25. The first kappa shape index (κ1) is 12.6. The summed E-state index contributed by atoms with van der Waals surface area (Å²) in [5.41, 5.74) is 1.84. The Morgan fingerprint density at radius 1 is 1.44 bits per heavy atom. The molecule has 0 saturated heterocycles. The molecule has 2 atom stereocenters. The van der Waals surface area contributed by atoms with Crippen LogP contribution in [-0.4, -0.2) is 18.1 Å². The van der Waals surface area contributed by atoms with E-state index in [0.717, 1.165) is 16.5 Å². The molecule has 0 amide bonds. The van der Waals surface area contributed by atoms with Crippen LogP contribution in [0.25, 0.3) is 11.0 Å². The highest BCUT2D eigenvalue weighted by Crippen LogP contribution is 2.29. The molecule has 0 spiro atoms. The van der Waals surface area contributed by atoms with Gasteiger partial charge in [0.25, 0.3) is 0 Å². The normalized spacial score (nSPS) is 14.6. The predicted octanol–water partition coefficient (Wildman–Crippen LogP) is 2.80. The summed E-state index contributed by atoms with van der Waals surface area (Å²) in [4.78, 5) is 10.9. The van der Waals surface area contributed by atoms with Crippen LogP contribution in [-0.2, 0) is 4.79 Å². The van der Waals surface area contributed by atoms with Crippen molar-refractivity contribution in [2.75, 3.05) is 7.05 Å². The SMILES string of the molecule is CNC(CC(C)C(=O)O)c1coc2ccccc12. The van der Waals surface area contributed by atoms with Crippen molar-refractivity contribution in [3.05, 3.63) is 36.1 Å². The van der Waals surface area contributed by atoms with Gasteiger partial charge in [-0.25, -0.2) is 0 Å². The number of furan rings is 1. The molecule has 0 bridgehead atoms. The van der Waals surface area contributed by atoms with Gasteiger partial charge in [-0.2, -0.15) is 0 Å². The van der Waals surface area contributed by atoms with Gasteiger partial charge in [-0.3, -0.25) is 4.79 Å². The topological polar surface area (TPSA) is 62.5 Å². The van der Waals surface area contributed by atoms with Crippen LogP contribution in [0.15, 0.2) is 34.9 Å². The molecule has 0 radical (unpaired) electrons. The third-order valence-electron chi connectivity index (χ3n) is 3.25. The molecule has 0 saturated carbocycles. The van der Waals surface area contributed by atoms with E-state index in [-0.39, 0.29) is 6.04 Å². The molecule has 2 aromatic rings. The second-order valence-electron chi connectivity index (χ2n) is 4.50. The molecule has 96 valence electrons. The fourth-order valence-electron chi connectivity index (χ4n) is 2.12. The maximum atomic E-state index is 10.9. The van der Waals surface area contributed by atoms with E-state index in [1.54, 1.807) is 13.2 Å². The van der Waals surface area contributed by atoms with Gasteiger partial charge in [0.15, 0.2) is 0 Å². The van der Waals surface area contributed by atoms with E-state index < -0.39 is 11.9 Å². The average molecular weight is 247 g/mol. The monoisotopic (exact) mass is 247 g/mol. The molecule has 0 aliphatic carbocycles. The number of nitrogens with one attached hydrogen (secondary N) is 1. The van der Waals surface area contributed by atoms with Crippen LogP contribution in [0, 0.1) is 5.92 Å². The number of carbonyl (C=O) groups is 1. The number of para-hydroxylation sites is 1. The highest BCUT2D eigenvalue weighted by Gasteiger charge is 2.21. The van der Waals surface area contributed by atoms with E-state index in [1.165, 1.54) is 0 Å². The minimum absolute atomic E-state index is 0.0141. The molecule has 4 nitrogen and oxygen atoms in total. The zero-order chi connectivity index (χ0) is 13.1. The van der Waals surface area contributed by atoms with Gasteiger partial charge in [0, 0.05) is 17.0 Å². The van der Waals surface area contributed by atoms with E-state index in [2.05, 4.69) is 5.32 Å². The Kier molecular flexibility index (Phi) is 3.67. The first-order valence-corrected chi connectivity index (χ1v) is 5.99. The zero-order valence-electron chi connectivity index (χ0n) is 10.5. The summed E-state index contributed by atoms with van der Waals surface area (Å²) in [6, 6.07) is 7.76. The van der Waals surface area contributed by atoms with Crippen LogP contribution in [0.2, 0.25) is 0 Å². The van der Waals surface area contributed by atoms with E-state index in [1.807, 2.05) is 31.3 Å². The van der Waals surface area contributed by atoms with Crippen molar-refractivity contribution in [3.8, 4) is 0 Å². The Balaban J connectivity index is 2.30. The van der Waals surface area contributed by atoms with Gasteiger partial charge in [0.2, 0.25) is 0 Å². The molecule has 18 heavy (non-hydrogen) atoms. The number of fused-ring (bicyclic) bond motifs is 1. The average Bonchev–Trinajstić information content (AvgIpc) is 2.79. The van der Waals surface area contributed by atoms with Crippen molar-refractivity contribution in [1.29, 1.82) is 0 Å². The number of hydrogen-bond donors (Lipinski definition) is 2. The van der Waals surface area contributed by atoms with Crippen molar-refractivity contribution in [3.63, 3.8) is 0 Å². The van der Waals surface area contributed by atoms with E-state index >= 15 is 0 Å². The summed E-state index contributed by atoms with van der Waals surface area (Å²) in [6.45, 7) is 1.72. The molecule has 0 fully saturated rings. The van der Waals surface area contributed by atoms with Crippen LogP contribution in [0.1, 0.15) is 24.9 Å². The Labute approximate surface area is 106 Å². The minimum atomic E-state index is -0.775. The first-order valence-electron chi connectivity index (χ1n) is 5.99. The zero-order valence-corrected chi connectivity index (χ0v) is 10.5. The van der Waals surface area contributed by atoms with E-state index in [0.29, 0.717) is 6.42 Å². The number of carboxylic acids is 1. The van der Waals surface area contributed by atoms with Crippen LogP contribution in [0.5, 0.6) is 0 Å². The lowest BCUT2D eigenvalue weighted by molar-refractivity contribution is -0.141. The number of rotatable bonds is 5. The Bertz CT molecular complexity index is 547. The molecule has 1 heterocycles. The maximum absolute atomic E-state index is 10.9. The van der Waals surface area contributed by atoms with Crippen molar-refractivity contribution < 1.29 is 14.3 Å². The highest BCUT2D eigenvalue weighted by atomic mass is 16.4. The standard InChI is InChI=1S/C14H17NO3/c1-9(14(16)17)7-12(15-2)11-8-18-13-6-4-3-5-10(11)13/h3-6,8-9,12,15H,7H2,1-2H3,(H,16,17). The molecule has 2 rings (SSSR count). The third kappa shape index (κ3) is 2.38. The molecule has 4 heteroatoms. The van der Waals surface area contributed by atoms with Gasteiger partial charge in [-0.15, -0.1) is 0 Å². The van der Waals surface area contributed by atoms with Gasteiger partial charge in [0.05, 0.1) is 12.2 Å². The lowest BCUT2D eigenvalue weighted by atomic mass is 9.96. The fraction of sp³-hybridized carbons (Fsp3) is 0.357. The Morgan fingerprint density at radius 3 is 2.83 bits per heavy atom. The maximum Gasteiger partial charge on any atom is 0.306 e. The summed E-state index contributed by atoms with van der Waals surface area (Å²) >= 11 is 0. The van der Waals surface area contributed by atoms with Crippen molar-refractivity contribution in [2.45, 2.75) is 19.4 Å². The summed E-state index contributed by atoms with van der Waals surface area (Å²) in [5.74, 6) is -1.17. The van der Waals surface area contributed by atoms with Crippen LogP contribution in [0.4, 0.5) is 0 Å². The van der Waals surface area contributed by atoms with E-state index in [9.17, 15) is 4.79 Å². The van der Waals surface area contributed by atoms with Crippen molar-refractivity contribution in [2.24, 2.45) is 5.92 Å². The van der Waals surface area contributed by atoms with Crippen molar-refractivity contribution in [1.82, 2.24) is 5.32 Å². The summed E-state index contributed by atoms with van der Waals surface area (Å²) in [6.07, 6.45) is 2.25.